The number of hydrogen-bond donors (Lipinski definition) is 0. The molecule has 0 aliphatic rings. The second kappa shape index (κ2) is 3.15. The Bertz CT molecular complexity index is 368. The summed E-state index contributed by atoms with van der Waals surface area (Å²) in [5.41, 5.74) is 0.753. The highest BCUT2D eigenvalue weighted by Crippen LogP contribution is 2.16. The number of benzene rings is 1. The van der Waals surface area contributed by atoms with Crippen LogP contribution in [-0.4, -0.2) is 14.7 Å². The standard InChI is InChI=1S/C8H9O3S/c1-7-5-3-4-6-8(7)11-12(2,9)10/h3-5H,1-2H3. The molecule has 0 unspecified atom stereocenters. The SMILES string of the molecule is Cc1ccc[c]c1OS(C)(=O)=O. The lowest BCUT2D eigenvalue weighted by molar-refractivity contribution is 0.490. The minimum absolute atomic E-state index is 0.264. The molecule has 0 aromatic heterocycles. The number of para-hydroxylation sites is 1. The van der Waals surface area contributed by atoms with Gasteiger partial charge in [-0.3, -0.25) is 0 Å². The van der Waals surface area contributed by atoms with E-state index in [4.69, 9.17) is 0 Å². The first kappa shape index (κ1) is 9.06. The third-order valence-electron chi connectivity index (χ3n) is 1.25. The predicted octanol–water partition coefficient (Wildman–Crippen LogP) is 1.13. The average Bonchev–Trinajstić information content (AvgIpc) is 1.91. The summed E-state index contributed by atoms with van der Waals surface area (Å²) < 4.78 is 26.1. The maximum absolute atomic E-state index is 10.7. The highest BCUT2D eigenvalue weighted by molar-refractivity contribution is 7.86. The Labute approximate surface area is 72.1 Å². The van der Waals surface area contributed by atoms with E-state index in [1.54, 1.807) is 25.1 Å². The fraction of sp³-hybridized carbons (Fsp3) is 0.250. The fourth-order valence-corrected chi connectivity index (χ4v) is 1.23. The monoisotopic (exact) mass is 185 g/mol. The summed E-state index contributed by atoms with van der Waals surface area (Å²) in [5.74, 6) is 0.264. The Morgan fingerprint density at radius 3 is 2.67 bits per heavy atom. The van der Waals surface area contributed by atoms with E-state index < -0.39 is 10.1 Å². The molecule has 0 N–H and O–H groups in total. The van der Waals surface area contributed by atoms with E-state index in [1.807, 2.05) is 0 Å². The van der Waals surface area contributed by atoms with Crippen molar-refractivity contribution in [2.45, 2.75) is 6.92 Å². The molecule has 0 atom stereocenters. The molecule has 0 fully saturated rings. The van der Waals surface area contributed by atoms with Gasteiger partial charge in [0.15, 0.2) is 5.75 Å². The molecule has 0 bridgehead atoms. The largest absolute Gasteiger partial charge is 0.382 e. The summed E-state index contributed by atoms with van der Waals surface area (Å²) in [4.78, 5) is 0. The maximum atomic E-state index is 10.7. The van der Waals surface area contributed by atoms with E-state index in [2.05, 4.69) is 10.2 Å². The molecule has 12 heavy (non-hydrogen) atoms. The molecule has 0 saturated carbocycles. The van der Waals surface area contributed by atoms with Crippen molar-refractivity contribution in [2.24, 2.45) is 0 Å². The second-order valence-corrected chi connectivity index (χ2v) is 4.04. The lowest BCUT2D eigenvalue weighted by Gasteiger charge is -2.03. The zero-order chi connectivity index (χ0) is 9.19. The summed E-state index contributed by atoms with van der Waals surface area (Å²) in [7, 11) is -3.43. The van der Waals surface area contributed by atoms with Crippen LogP contribution in [0.25, 0.3) is 0 Å². The molecular weight excluding hydrogens is 176 g/mol. The van der Waals surface area contributed by atoms with Crippen molar-refractivity contribution in [1.82, 2.24) is 0 Å². The van der Waals surface area contributed by atoms with Crippen LogP contribution in [0.2, 0.25) is 0 Å². The van der Waals surface area contributed by atoms with Crippen LogP contribution < -0.4 is 4.18 Å². The van der Waals surface area contributed by atoms with Crippen molar-refractivity contribution in [2.75, 3.05) is 6.26 Å². The molecule has 65 valence electrons. The molecule has 1 radical (unpaired) electrons. The van der Waals surface area contributed by atoms with Crippen LogP contribution >= 0.6 is 0 Å². The molecule has 0 spiro atoms. The van der Waals surface area contributed by atoms with Gasteiger partial charge >= 0.3 is 10.1 Å². The van der Waals surface area contributed by atoms with Crippen molar-refractivity contribution < 1.29 is 12.6 Å². The van der Waals surface area contributed by atoms with Crippen LogP contribution in [0, 0.1) is 13.0 Å². The summed E-state index contributed by atoms with van der Waals surface area (Å²) in [5, 5.41) is 0. The molecule has 0 aliphatic heterocycles. The zero-order valence-electron chi connectivity index (χ0n) is 6.87. The minimum Gasteiger partial charge on any atom is -0.382 e. The smallest absolute Gasteiger partial charge is 0.306 e. The first-order valence-corrected chi connectivity index (χ1v) is 5.17. The Balaban J connectivity index is 2.98. The summed E-state index contributed by atoms with van der Waals surface area (Å²) in [6.45, 7) is 1.76. The first-order valence-electron chi connectivity index (χ1n) is 3.36. The maximum Gasteiger partial charge on any atom is 0.306 e. The van der Waals surface area contributed by atoms with E-state index in [0.29, 0.717) is 0 Å². The highest BCUT2D eigenvalue weighted by atomic mass is 32.2. The van der Waals surface area contributed by atoms with Crippen molar-refractivity contribution in [3.8, 4) is 5.75 Å². The molecule has 3 nitrogen and oxygen atoms in total. The van der Waals surface area contributed by atoms with Gasteiger partial charge in [0.05, 0.1) is 6.26 Å². The van der Waals surface area contributed by atoms with E-state index in [0.717, 1.165) is 11.8 Å². The normalized spacial score (nSPS) is 11.2. The van der Waals surface area contributed by atoms with E-state index in [1.165, 1.54) is 0 Å². The van der Waals surface area contributed by atoms with Gasteiger partial charge in [-0.2, -0.15) is 8.42 Å². The van der Waals surface area contributed by atoms with Crippen LogP contribution in [-0.2, 0) is 10.1 Å². The zero-order valence-corrected chi connectivity index (χ0v) is 7.68. The van der Waals surface area contributed by atoms with Gasteiger partial charge in [-0.05, 0) is 12.5 Å². The first-order chi connectivity index (χ1) is 5.49. The third-order valence-corrected chi connectivity index (χ3v) is 1.72. The quantitative estimate of drug-likeness (QED) is 0.649. The molecule has 1 aromatic rings. The minimum atomic E-state index is -3.43. The number of hydrogen-bond acceptors (Lipinski definition) is 3. The van der Waals surface area contributed by atoms with Crippen LogP contribution in [0.1, 0.15) is 5.56 Å². The Morgan fingerprint density at radius 2 is 2.17 bits per heavy atom. The van der Waals surface area contributed by atoms with Crippen LogP contribution in [0.3, 0.4) is 0 Å². The number of rotatable bonds is 2. The van der Waals surface area contributed by atoms with Crippen molar-refractivity contribution in [3.63, 3.8) is 0 Å². The average molecular weight is 185 g/mol. The molecule has 4 heteroatoms. The second-order valence-electron chi connectivity index (χ2n) is 2.47. The Hall–Kier alpha value is -1.03. The topological polar surface area (TPSA) is 43.4 Å². The van der Waals surface area contributed by atoms with Crippen LogP contribution in [0.15, 0.2) is 18.2 Å². The van der Waals surface area contributed by atoms with Crippen LogP contribution in [0.5, 0.6) is 5.75 Å². The molecular formula is C8H9O3S. The molecule has 1 rings (SSSR count). The van der Waals surface area contributed by atoms with Crippen molar-refractivity contribution >= 4 is 10.1 Å². The summed E-state index contributed by atoms with van der Waals surface area (Å²) in [6.07, 6.45) is 1.01. The van der Waals surface area contributed by atoms with E-state index >= 15 is 0 Å². The van der Waals surface area contributed by atoms with Crippen LogP contribution in [0.4, 0.5) is 0 Å². The van der Waals surface area contributed by atoms with Gasteiger partial charge in [0, 0.05) is 6.07 Å². The predicted molar refractivity (Wildman–Crippen MR) is 45.5 cm³/mol. The van der Waals surface area contributed by atoms with E-state index in [-0.39, 0.29) is 5.75 Å². The summed E-state index contributed by atoms with van der Waals surface area (Å²) in [6, 6.07) is 7.83. The fourth-order valence-electron chi connectivity index (χ4n) is 0.747. The van der Waals surface area contributed by atoms with Gasteiger partial charge in [0.1, 0.15) is 0 Å². The van der Waals surface area contributed by atoms with Gasteiger partial charge in [0.25, 0.3) is 0 Å². The van der Waals surface area contributed by atoms with Crippen molar-refractivity contribution in [1.29, 1.82) is 0 Å². The summed E-state index contributed by atoms with van der Waals surface area (Å²) >= 11 is 0. The molecule has 0 aliphatic carbocycles. The Morgan fingerprint density at radius 1 is 1.50 bits per heavy atom. The lowest BCUT2D eigenvalue weighted by Crippen LogP contribution is -2.06. The van der Waals surface area contributed by atoms with Gasteiger partial charge in [-0.25, -0.2) is 0 Å². The van der Waals surface area contributed by atoms with Gasteiger partial charge in [-0.1, -0.05) is 18.2 Å². The number of aryl methyl sites for hydroxylation is 1. The van der Waals surface area contributed by atoms with Gasteiger partial charge in [-0.15, -0.1) is 0 Å². The molecule has 0 amide bonds. The van der Waals surface area contributed by atoms with Gasteiger partial charge in [0.2, 0.25) is 0 Å². The molecule has 1 aromatic carbocycles. The molecule has 0 heterocycles. The van der Waals surface area contributed by atoms with E-state index in [9.17, 15) is 8.42 Å². The highest BCUT2D eigenvalue weighted by Gasteiger charge is 2.05. The third kappa shape index (κ3) is 2.54. The lowest BCUT2D eigenvalue weighted by atomic mass is 10.2. The van der Waals surface area contributed by atoms with Crippen molar-refractivity contribution in [3.05, 3.63) is 29.8 Å². The van der Waals surface area contributed by atoms with Gasteiger partial charge < -0.3 is 4.18 Å². The Kier molecular flexibility index (Phi) is 2.38. The molecule has 0 saturated heterocycles.